The van der Waals surface area contributed by atoms with Crippen molar-refractivity contribution in [3.63, 3.8) is 0 Å². The summed E-state index contributed by atoms with van der Waals surface area (Å²) in [7, 11) is -1.74. The maximum absolute atomic E-state index is 12.1. The smallest absolute Gasteiger partial charge is 0.216 e. The fourth-order valence-electron chi connectivity index (χ4n) is 3.49. The number of nitrogens with zero attached hydrogens (tertiary/aromatic N) is 2. The molecule has 0 amide bonds. The summed E-state index contributed by atoms with van der Waals surface area (Å²) in [5, 5.41) is 0.752. The Bertz CT molecular complexity index is 833. The summed E-state index contributed by atoms with van der Waals surface area (Å²) in [6, 6.07) is 8.10. The van der Waals surface area contributed by atoms with Gasteiger partial charge in [-0.15, -0.1) is 0 Å². The highest BCUT2D eigenvalue weighted by molar-refractivity contribution is 7.90. The highest BCUT2D eigenvalue weighted by Gasteiger charge is 2.33. The lowest BCUT2D eigenvalue weighted by molar-refractivity contribution is 0.575. The van der Waals surface area contributed by atoms with Crippen molar-refractivity contribution in [1.29, 1.82) is 0 Å². The van der Waals surface area contributed by atoms with Gasteiger partial charge in [-0.3, -0.25) is 4.98 Å². The van der Waals surface area contributed by atoms with Crippen LogP contribution in [0.4, 0.5) is 5.69 Å². The summed E-state index contributed by atoms with van der Waals surface area (Å²) < 4.78 is 26.7. The third-order valence-corrected chi connectivity index (χ3v) is 6.54. The summed E-state index contributed by atoms with van der Waals surface area (Å²) in [5.74, 6) is 0. The lowest BCUT2D eigenvalue weighted by atomic mass is 10.0. The predicted octanol–water partition coefficient (Wildman–Crippen LogP) is 2.23. The van der Waals surface area contributed by atoms with Crippen LogP contribution in [0.2, 0.25) is 0 Å². The van der Waals surface area contributed by atoms with Gasteiger partial charge in [-0.2, -0.15) is 0 Å². The van der Waals surface area contributed by atoms with Crippen molar-refractivity contribution in [2.75, 3.05) is 25.0 Å². The number of anilines is 1. The summed E-state index contributed by atoms with van der Waals surface area (Å²) in [5.41, 5.74) is 4.37. The number of fused-ring (bicyclic) bond motifs is 1. The van der Waals surface area contributed by atoms with E-state index >= 15 is 0 Å². The molecule has 3 rings (SSSR count). The van der Waals surface area contributed by atoms with Crippen LogP contribution in [0.25, 0.3) is 10.9 Å². The van der Waals surface area contributed by atoms with Crippen molar-refractivity contribution in [2.24, 2.45) is 0 Å². The van der Waals surface area contributed by atoms with Crippen LogP contribution in [0.15, 0.2) is 24.3 Å². The molecule has 1 aromatic carbocycles. The number of hydrogen-bond donors (Lipinski definition) is 1. The molecule has 0 aliphatic carbocycles. The molecule has 2 heterocycles. The van der Waals surface area contributed by atoms with Crippen LogP contribution in [-0.2, 0) is 16.4 Å². The number of nitrogens with one attached hydrogen (secondary N) is 1. The molecule has 1 aliphatic heterocycles. The minimum atomic E-state index is -3.23. The Labute approximate surface area is 137 Å². The molecule has 1 N–H and O–H groups in total. The van der Waals surface area contributed by atoms with Gasteiger partial charge < -0.3 is 4.90 Å². The van der Waals surface area contributed by atoms with Crippen LogP contribution in [-0.4, -0.2) is 38.8 Å². The molecule has 6 heteroatoms. The quantitative estimate of drug-likeness (QED) is 0.932. The number of aryl methyl sites for hydroxylation is 1. The monoisotopic (exact) mass is 333 g/mol. The molecule has 1 fully saturated rings. The Hall–Kier alpha value is -1.66. The number of rotatable bonds is 4. The van der Waals surface area contributed by atoms with Gasteiger partial charge in [0, 0.05) is 24.2 Å². The number of aromatic nitrogens is 1. The molecule has 2 aromatic rings. The van der Waals surface area contributed by atoms with Gasteiger partial charge >= 0.3 is 0 Å². The van der Waals surface area contributed by atoms with E-state index in [9.17, 15) is 8.42 Å². The molecule has 0 radical (unpaired) electrons. The van der Waals surface area contributed by atoms with Gasteiger partial charge in [-0.05, 0) is 38.4 Å². The van der Waals surface area contributed by atoms with Crippen molar-refractivity contribution in [2.45, 2.75) is 31.9 Å². The van der Waals surface area contributed by atoms with Crippen molar-refractivity contribution in [3.05, 3.63) is 35.5 Å². The SMILES string of the molecule is CCc1c(C)nc2ccccc2c1N1CCC(S(=O)(=O)NC)C1. The van der Waals surface area contributed by atoms with Gasteiger partial charge in [0.05, 0.1) is 16.5 Å². The predicted molar refractivity (Wildman–Crippen MR) is 94.5 cm³/mol. The first-order chi connectivity index (χ1) is 11.0. The largest absolute Gasteiger partial charge is 0.369 e. The molecule has 1 unspecified atom stereocenters. The Morgan fingerprint density at radius 3 is 2.78 bits per heavy atom. The molecule has 1 aliphatic rings. The molecule has 1 aromatic heterocycles. The minimum absolute atomic E-state index is 0.357. The molecule has 0 spiro atoms. The molecule has 1 saturated heterocycles. The van der Waals surface area contributed by atoms with Gasteiger partial charge in [-0.25, -0.2) is 13.1 Å². The summed E-state index contributed by atoms with van der Waals surface area (Å²) in [4.78, 5) is 6.92. The van der Waals surface area contributed by atoms with Gasteiger partial charge in [0.25, 0.3) is 0 Å². The van der Waals surface area contributed by atoms with E-state index in [1.54, 1.807) is 0 Å². The molecule has 1 atom stereocenters. The molecule has 5 nitrogen and oxygen atoms in total. The van der Waals surface area contributed by atoms with Crippen LogP contribution in [0.5, 0.6) is 0 Å². The van der Waals surface area contributed by atoms with Crippen molar-refractivity contribution in [1.82, 2.24) is 9.71 Å². The average molecular weight is 333 g/mol. The zero-order valence-electron chi connectivity index (χ0n) is 13.8. The zero-order chi connectivity index (χ0) is 16.6. The van der Waals surface area contributed by atoms with E-state index in [-0.39, 0.29) is 5.25 Å². The van der Waals surface area contributed by atoms with Crippen LogP contribution >= 0.6 is 0 Å². The normalized spacial score (nSPS) is 18.7. The lowest BCUT2D eigenvalue weighted by Gasteiger charge is -2.25. The van der Waals surface area contributed by atoms with Gasteiger partial charge in [0.15, 0.2) is 0 Å². The van der Waals surface area contributed by atoms with E-state index in [4.69, 9.17) is 4.98 Å². The Morgan fingerprint density at radius 2 is 2.09 bits per heavy atom. The summed E-state index contributed by atoms with van der Waals surface area (Å²) in [6.07, 6.45) is 1.54. The zero-order valence-corrected chi connectivity index (χ0v) is 14.7. The standard InChI is InChI=1S/C17H23N3O2S/c1-4-14-12(2)19-16-8-6-5-7-15(16)17(14)20-10-9-13(11-20)23(21,22)18-3/h5-8,13,18H,4,9-11H2,1-3H3. The highest BCUT2D eigenvalue weighted by atomic mass is 32.2. The van der Waals surface area contributed by atoms with Gasteiger partial charge in [0.2, 0.25) is 10.0 Å². The van der Waals surface area contributed by atoms with E-state index < -0.39 is 10.0 Å². The maximum atomic E-state index is 12.1. The molecule has 124 valence electrons. The first kappa shape index (κ1) is 16.2. The van der Waals surface area contributed by atoms with E-state index in [1.807, 2.05) is 25.1 Å². The molecule has 0 bridgehead atoms. The fraction of sp³-hybridized carbons (Fsp3) is 0.471. The Kier molecular flexibility index (Phi) is 4.29. The van der Waals surface area contributed by atoms with E-state index in [2.05, 4.69) is 22.6 Å². The van der Waals surface area contributed by atoms with Crippen LogP contribution in [0.1, 0.15) is 24.6 Å². The van der Waals surface area contributed by atoms with Crippen molar-refractivity contribution < 1.29 is 8.42 Å². The van der Waals surface area contributed by atoms with Crippen LogP contribution < -0.4 is 9.62 Å². The Balaban J connectivity index is 2.10. The first-order valence-electron chi connectivity index (χ1n) is 8.03. The fourth-order valence-corrected chi connectivity index (χ4v) is 4.61. The third kappa shape index (κ3) is 2.81. The summed E-state index contributed by atoms with van der Waals surface area (Å²) in [6.45, 7) is 5.45. The second-order valence-electron chi connectivity index (χ2n) is 6.00. The summed E-state index contributed by atoms with van der Waals surface area (Å²) >= 11 is 0. The first-order valence-corrected chi connectivity index (χ1v) is 9.58. The third-order valence-electron chi connectivity index (χ3n) is 4.71. The molecule has 0 saturated carbocycles. The Morgan fingerprint density at radius 1 is 1.35 bits per heavy atom. The maximum Gasteiger partial charge on any atom is 0.216 e. The van der Waals surface area contributed by atoms with Gasteiger partial charge in [-0.1, -0.05) is 25.1 Å². The lowest BCUT2D eigenvalue weighted by Crippen LogP contribution is -2.34. The molecular formula is C17H23N3O2S. The average Bonchev–Trinajstić information content (AvgIpc) is 3.04. The van der Waals surface area contributed by atoms with Crippen molar-refractivity contribution in [3.8, 4) is 0 Å². The topological polar surface area (TPSA) is 62.3 Å². The number of pyridine rings is 1. The van der Waals surface area contributed by atoms with Crippen LogP contribution in [0, 0.1) is 6.92 Å². The number of sulfonamides is 1. The minimum Gasteiger partial charge on any atom is -0.369 e. The van der Waals surface area contributed by atoms with E-state index in [1.165, 1.54) is 12.6 Å². The molecular weight excluding hydrogens is 310 g/mol. The second-order valence-corrected chi connectivity index (χ2v) is 8.17. The highest BCUT2D eigenvalue weighted by Crippen LogP contribution is 2.35. The number of benzene rings is 1. The van der Waals surface area contributed by atoms with E-state index in [0.29, 0.717) is 13.0 Å². The van der Waals surface area contributed by atoms with E-state index in [0.717, 1.165) is 35.2 Å². The van der Waals surface area contributed by atoms with Gasteiger partial charge in [0.1, 0.15) is 0 Å². The second kappa shape index (κ2) is 6.09. The number of hydrogen-bond acceptors (Lipinski definition) is 4. The number of para-hydroxylation sites is 1. The molecule has 23 heavy (non-hydrogen) atoms. The van der Waals surface area contributed by atoms with Crippen LogP contribution in [0.3, 0.4) is 0 Å². The van der Waals surface area contributed by atoms with Crippen molar-refractivity contribution >= 4 is 26.6 Å².